The summed E-state index contributed by atoms with van der Waals surface area (Å²) in [5.41, 5.74) is 7.82. The lowest BCUT2D eigenvalue weighted by Gasteiger charge is -2.34. The molecule has 1 heterocycles. The van der Waals surface area contributed by atoms with E-state index in [4.69, 9.17) is 5.73 Å². The SMILES string of the molecule is CCNCc1ccc(N2CCC(CC(N)=O)CC2)c(Br)c1. The Morgan fingerprint density at radius 3 is 2.71 bits per heavy atom. The zero-order valence-electron chi connectivity index (χ0n) is 12.6. The molecular formula is C16H24BrN3O. The van der Waals surface area contributed by atoms with E-state index in [1.807, 2.05) is 0 Å². The second-order valence-corrected chi connectivity index (χ2v) is 6.52. The van der Waals surface area contributed by atoms with Crippen LogP contribution in [0, 0.1) is 5.92 Å². The van der Waals surface area contributed by atoms with E-state index >= 15 is 0 Å². The van der Waals surface area contributed by atoms with Gasteiger partial charge in [-0.3, -0.25) is 4.79 Å². The fourth-order valence-corrected chi connectivity index (χ4v) is 3.53. The van der Waals surface area contributed by atoms with Gasteiger partial charge in [0.2, 0.25) is 5.91 Å². The normalized spacial score (nSPS) is 16.2. The minimum absolute atomic E-state index is 0.178. The molecule has 1 saturated heterocycles. The van der Waals surface area contributed by atoms with Gasteiger partial charge >= 0.3 is 0 Å². The molecule has 21 heavy (non-hydrogen) atoms. The molecule has 3 N–H and O–H groups in total. The Bertz CT molecular complexity index is 484. The molecule has 0 spiro atoms. The Morgan fingerprint density at radius 1 is 1.43 bits per heavy atom. The molecule has 0 atom stereocenters. The van der Waals surface area contributed by atoms with Crippen LogP contribution in [0.2, 0.25) is 0 Å². The highest BCUT2D eigenvalue weighted by Crippen LogP contribution is 2.31. The summed E-state index contributed by atoms with van der Waals surface area (Å²) in [6.45, 7) is 5.97. The fourth-order valence-electron chi connectivity index (χ4n) is 2.85. The summed E-state index contributed by atoms with van der Waals surface area (Å²) in [5, 5.41) is 3.34. The molecule has 1 amide bonds. The third-order valence-corrected chi connectivity index (χ3v) is 4.67. The average Bonchev–Trinajstić information content (AvgIpc) is 2.46. The molecule has 0 aliphatic carbocycles. The minimum atomic E-state index is -0.178. The molecule has 2 rings (SSSR count). The zero-order chi connectivity index (χ0) is 15.2. The van der Waals surface area contributed by atoms with Crippen molar-refractivity contribution in [2.45, 2.75) is 32.7 Å². The largest absolute Gasteiger partial charge is 0.371 e. The number of hydrogen-bond acceptors (Lipinski definition) is 3. The first-order chi connectivity index (χ1) is 10.1. The van der Waals surface area contributed by atoms with Crippen LogP contribution in [-0.4, -0.2) is 25.5 Å². The number of carbonyl (C=O) groups is 1. The van der Waals surface area contributed by atoms with Crippen LogP contribution in [0.1, 0.15) is 31.7 Å². The topological polar surface area (TPSA) is 58.4 Å². The van der Waals surface area contributed by atoms with Crippen molar-refractivity contribution in [2.24, 2.45) is 11.7 Å². The number of benzene rings is 1. The predicted octanol–water partition coefficient (Wildman–Crippen LogP) is 2.65. The van der Waals surface area contributed by atoms with E-state index in [1.54, 1.807) is 0 Å². The van der Waals surface area contributed by atoms with Crippen LogP contribution in [0.5, 0.6) is 0 Å². The molecule has 0 unspecified atom stereocenters. The second kappa shape index (κ2) is 7.80. The first-order valence-corrected chi connectivity index (χ1v) is 8.41. The molecule has 0 radical (unpaired) electrons. The smallest absolute Gasteiger partial charge is 0.217 e. The minimum Gasteiger partial charge on any atom is -0.371 e. The maximum atomic E-state index is 11.0. The highest BCUT2D eigenvalue weighted by atomic mass is 79.9. The van der Waals surface area contributed by atoms with Crippen molar-refractivity contribution in [3.05, 3.63) is 28.2 Å². The molecule has 0 bridgehead atoms. The Hall–Kier alpha value is -1.07. The summed E-state index contributed by atoms with van der Waals surface area (Å²) in [5.74, 6) is 0.271. The summed E-state index contributed by atoms with van der Waals surface area (Å²) >= 11 is 3.69. The number of rotatable bonds is 6. The monoisotopic (exact) mass is 353 g/mol. The average molecular weight is 354 g/mol. The number of amides is 1. The molecule has 0 saturated carbocycles. The molecule has 0 aromatic heterocycles. The van der Waals surface area contributed by atoms with Crippen molar-refractivity contribution in [2.75, 3.05) is 24.5 Å². The van der Waals surface area contributed by atoms with Gasteiger partial charge in [-0.2, -0.15) is 0 Å². The van der Waals surface area contributed by atoms with Crippen LogP contribution in [0.4, 0.5) is 5.69 Å². The highest BCUT2D eigenvalue weighted by Gasteiger charge is 2.21. The number of hydrogen-bond donors (Lipinski definition) is 2. The molecule has 5 heteroatoms. The van der Waals surface area contributed by atoms with Gasteiger partial charge in [-0.1, -0.05) is 13.0 Å². The lowest BCUT2D eigenvalue weighted by Crippen LogP contribution is -2.35. The number of piperidine rings is 1. The Balaban J connectivity index is 1.95. The molecule has 4 nitrogen and oxygen atoms in total. The van der Waals surface area contributed by atoms with Gasteiger partial charge in [0.05, 0.1) is 5.69 Å². The number of halogens is 1. The molecule has 1 fully saturated rings. The van der Waals surface area contributed by atoms with Gasteiger partial charge in [0.25, 0.3) is 0 Å². The van der Waals surface area contributed by atoms with Crippen LogP contribution in [0.25, 0.3) is 0 Å². The van der Waals surface area contributed by atoms with Gasteiger partial charge in [0.15, 0.2) is 0 Å². The third kappa shape index (κ3) is 4.71. The van der Waals surface area contributed by atoms with Crippen molar-refractivity contribution in [3.8, 4) is 0 Å². The molecule has 1 aromatic carbocycles. The van der Waals surface area contributed by atoms with E-state index in [0.29, 0.717) is 12.3 Å². The Kier molecular flexibility index (Phi) is 6.06. The number of primary amides is 1. The van der Waals surface area contributed by atoms with Gasteiger partial charge < -0.3 is 16.0 Å². The van der Waals surface area contributed by atoms with Gasteiger partial charge in [-0.05, 0) is 58.9 Å². The van der Waals surface area contributed by atoms with Crippen LogP contribution >= 0.6 is 15.9 Å². The third-order valence-electron chi connectivity index (χ3n) is 4.04. The van der Waals surface area contributed by atoms with E-state index in [0.717, 1.165) is 43.5 Å². The summed E-state index contributed by atoms with van der Waals surface area (Å²) in [7, 11) is 0. The van der Waals surface area contributed by atoms with E-state index in [2.05, 4.69) is 51.3 Å². The van der Waals surface area contributed by atoms with Crippen LogP contribution in [0.3, 0.4) is 0 Å². The van der Waals surface area contributed by atoms with Gasteiger partial charge in [-0.25, -0.2) is 0 Å². The molecule has 116 valence electrons. The lowest BCUT2D eigenvalue weighted by atomic mass is 9.93. The highest BCUT2D eigenvalue weighted by molar-refractivity contribution is 9.10. The second-order valence-electron chi connectivity index (χ2n) is 5.67. The number of carbonyl (C=O) groups excluding carboxylic acids is 1. The number of nitrogens with one attached hydrogen (secondary N) is 1. The molecule has 1 aromatic rings. The number of anilines is 1. The predicted molar refractivity (Wildman–Crippen MR) is 90.3 cm³/mol. The van der Waals surface area contributed by atoms with Crippen molar-refractivity contribution in [1.82, 2.24) is 5.32 Å². The van der Waals surface area contributed by atoms with Crippen LogP contribution < -0.4 is 16.0 Å². The lowest BCUT2D eigenvalue weighted by molar-refractivity contribution is -0.119. The van der Waals surface area contributed by atoms with Gasteiger partial charge in [-0.15, -0.1) is 0 Å². The summed E-state index contributed by atoms with van der Waals surface area (Å²) in [4.78, 5) is 13.4. The van der Waals surface area contributed by atoms with Gasteiger partial charge in [0, 0.05) is 30.5 Å². The maximum absolute atomic E-state index is 11.0. The van der Waals surface area contributed by atoms with E-state index in [-0.39, 0.29) is 5.91 Å². The summed E-state index contributed by atoms with van der Waals surface area (Å²) in [6, 6.07) is 6.55. The Labute approximate surface area is 135 Å². The number of nitrogens with two attached hydrogens (primary N) is 1. The van der Waals surface area contributed by atoms with Crippen molar-refractivity contribution >= 4 is 27.5 Å². The molecule has 1 aliphatic heterocycles. The van der Waals surface area contributed by atoms with Crippen molar-refractivity contribution in [1.29, 1.82) is 0 Å². The summed E-state index contributed by atoms with van der Waals surface area (Å²) in [6.07, 6.45) is 2.60. The fraction of sp³-hybridized carbons (Fsp3) is 0.562. The quantitative estimate of drug-likeness (QED) is 0.826. The Morgan fingerprint density at radius 2 is 2.14 bits per heavy atom. The zero-order valence-corrected chi connectivity index (χ0v) is 14.2. The van der Waals surface area contributed by atoms with Gasteiger partial charge in [0.1, 0.15) is 0 Å². The van der Waals surface area contributed by atoms with Crippen LogP contribution in [-0.2, 0) is 11.3 Å². The first kappa shape index (κ1) is 16.3. The number of nitrogens with zero attached hydrogens (tertiary/aromatic N) is 1. The summed E-state index contributed by atoms with van der Waals surface area (Å²) < 4.78 is 1.14. The van der Waals surface area contributed by atoms with Crippen LogP contribution in [0.15, 0.2) is 22.7 Å². The maximum Gasteiger partial charge on any atom is 0.217 e. The van der Waals surface area contributed by atoms with E-state index in [1.165, 1.54) is 11.3 Å². The van der Waals surface area contributed by atoms with Crippen molar-refractivity contribution < 1.29 is 4.79 Å². The molecular weight excluding hydrogens is 330 g/mol. The standard InChI is InChI=1S/C16H24BrN3O/c1-2-19-11-13-3-4-15(14(17)9-13)20-7-5-12(6-8-20)10-16(18)21/h3-4,9,12,19H,2,5-8,10-11H2,1H3,(H2,18,21). The van der Waals surface area contributed by atoms with E-state index < -0.39 is 0 Å². The van der Waals surface area contributed by atoms with Crippen molar-refractivity contribution in [3.63, 3.8) is 0 Å². The van der Waals surface area contributed by atoms with E-state index in [9.17, 15) is 4.79 Å². The molecule has 1 aliphatic rings. The first-order valence-electron chi connectivity index (χ1n) is 7.62.